The fourth-order valence-electron chi connectivity index (χ4n) is 2.37. The molecule has 4 heteroatoms. The van der Waals surface area contributed by atoms with Crippen LogP contribution in [0.5, 0.6) is 0 Å². The summed E-state index contributed by atoms with van der Waals surface area (Å²) in [6.07, 6.45) is 1.37. The Bertz CT molecular complexity index is 640. The summed E-state index contributed by atoms with van der Waals surface area (Å²) >= 11 is 0. The summed E-state index contributed by atoms with van der Waals surface area (Å²) < 4.78 is 0. The predicted molar refractivity (Wildman–Crippen MR) is 73.4 cm³/mol. The lowest BCUT2D eigenvalue weighted by Gasteiger charge is -2.13. The molecule has 1 aromatic carbocycles. The van der Waals surface area contributed by atoms with Crippen LogP contribution in [0.15, 0.2) is 18.3 Å². The van der Waals surface area contributed by atoms with Crippen molar-refractivity contribution in [1.82, 2.24) is 9.97 Å². The van der Waals surface area contributed by atoms with E-state index in [2.05, 4.69) is 9.97 Å². The van der Waals surface area contributed by atoms with Gasteiger partial charge in [-0.1, -0.05) is 17.7 Å². The van der Waals surface area contributed by atoms with Gasteiger partial charge in [0, 0.05) is 11.8 Å². The first kappa shape index (κ1) is 13.2. The molecule has 0 unspecified atom stereocenters. The van der Waals surface area contributed by atoms with Crippen molar-refractivity contribution in [2.45, 2.75) is 27.7 Å². The van der Waals surface area contributed by atoms with Gasteiger partial charge in [-0.2, -0.15) is 0 Å². The highest BCUT2D eigenvalue weighted by molar-refractivity contribution is 5.95. The number of aromatic nitrogens is 2. The SMILES string of the molecule is Cc1cc(C)c(-c2nc(C)ncc2C(=O)O)c(C)c1. The van der Waals surface area contributed by atoms with E-state index in [9.17, 15) is 9.90 Å². The molecule has 0 fully saturated rings. The normalized spacial score (nSPS) is 10.5. The maximum atomic E-state index is 11.3. The second-order valence-corrected chi connectivity index (χ2v) is 4.76. The van der Waals surface area contributed by atoms with Crippen LogP contribution < -0.4 is 0 Å². The van der Waals surface area contributed by atoms with Crippen LogP contribution in [0, 0.1) is 27.7 Å². The second kappa shape index (κ2) is 4.80. The largest absolute Gasteiger partial charge is 0.478 e. The van der Waals surface area contributed by atoms with Crippen LogP contribution in [0.4, 0.5) is 0 Å². The molecule has 1 aromatic heterocycles. The number of aryl methyl sites for hydroxylation is 4. The Hall–Kier alpha value is -2.23. The van der Waals surface area contributed by atoms with Crippen LogP contribution in [-0.4, -0.2) is 21.0 Å². The highest BCUT2D eigenvalue weighted by Gasteiger charge is 2.17. The number of aromatic carboxylic acids is 1. The topological polar surface area (TPSA) is 63.1 Å². The van der Waals surface area contributed by atoms with Gasteiger partial charge >= 0.3 is 5.97 Å². The Kier molecular flexibility index (Phi) is 3.34. The van der Waals surface area contributed by atoms with Crippen LogP contribution in [-0.2, 0) is 0 Å². The molecule has 2 rings (SSSR count). The van der Waals surface area contributed by atoms with Crippen molar-refractivity contribution >= 4 is 5.97 Å². The average Bonchev–Trinajstić information content (AvgIpc) is 2.27. The molecule has 4 nitrogen and oxygen atoms in total. The van der Waals surface area contributed by atoms with Gasteiger partial charge in [-0.3, -0.25) is 0 Å². The molecule has 0 amide bonds. The molecular formula is C15H16N2O2. The molecule has 0 atom stereocenters. The third-order valence-corrected chi connectivity index (χ3v) is 3.05. The Balaban J connectivity index is 2.78. The van der Waals surface area contributed by atoms with Crippen molar-refractivity contribution in [2.24, 2.45) is 0 Å². The Labute approximate surface area is 112 Å². The maximum Gasteiger partial charge on any atom is 0.339 e. The summed E-state index contributed by atoms with van der Waals surface area (Å²) in [7, 11) is 0. The zero-order chi connectivity index (χ0) is 14.2. The number of hydrogen-bond donors (Lipinski definition) is 1. The molecule has 0 aliphatic heterocycles. The van der Waals surface area contributed by atoms with E-state index in [1.54, 1.807) is 6.92 Å². The van der Waals surface area contributed by atoms with Gasteiger partial charge in [0.2, 0.25) is 0 Å². The minimum absolute atomic E-state index is 0.139. The number of carboxylic acid groups (broad SMARTS) is 1. The van der Waals surface area contributed by atoms with Crippen molar-refractivity contribution in [1.29, 1.82) is 0 Å². The van der Waals surface area contributed by atoms with E-state index >= 15 is 0 Å². The fraction of sp³-hybridized carbons (Fsp3) is 0.267. The molecule has 0 aliphatic carbocycles. The van der Waals surface area contributed by atoms with Crippen LogP contribution in [0.25, 0.3) is 11.3 Å². The number of nitrogens with zero attached hydrogens (tertiary/aromatic N) is 2. The van der Waals surface area contributed by atoms with Crippen molar-refractivity contribution in [2.75, 3.05) is 0 Å². The summed E-state index contributed by atoms with van der Waals surface area (Å²) in [5.41, 5.74) is 4.72. The first-order valence-electron chi connectivity index (χ1n) is 6.05. The zero-order valence-corrected chi connectivity index (χ0v) is 11.5. The molecule has 0 spiro atoms. The molecule has 1 N–H and O–H groups in total. The monoisotopic (exact) mass is 256 g/mol. The van der Waals surface area contributed by atoms with Crippen molar-refractivity contribution < 1.29 is 9.90 Å². The van der Waals surface area contributed by atoms with Gasteiger partial charge in [0.1, 0.15) is 11.4 Å². The summed E-state index contributed by atoms with van der Waals surface area (Å²) in [5, 5.41) is 9.27. The smallest absolute Gasteiger partial charge is 0.339 e. The van der Waals surface area contributed by atoms with Gasteiger partial charge in [-0.25, -0.2) is 14.8 Å². The molecule has 0 saturated heterocycles. The van der Waals surface area contributed by atoms with Crippen LogP contribution in [0.1, 0.15) is 32.9 Å². The number of hydrogen-bond acceptors (Lipinski definition) is 3. The molecule has 19 heavy (non-hydrogen) atoms. The average molecular weight is 256 g/mol. The molecule has 0 aliphatic rings. The van der Waals surface area contributed by atoms with E-state index in [1.807, 2.05) is 32.9 Å². The van der Waals surface area contributed by atoms with Gasteiger partial charge in [-0.15, -0.1) is 0 Å². The molecule has 98 valence electrons. The zero-order valence-electron chi connectivity index (χ0n) is 11.5. The first-order chi connectivity index (χ1) is 8.90. The van der Waals surface area contributed by atoms with E-state index in [0.29, 0.717) is 11.5 Å². The minimum atomic E-state index is -1.01. The van der Waals surface area contributed by atoms with Crippen molar-refractivity contribution in [3.63, 3.8) is 0 Å². The summed E-state index contributed by atoms with van der Waals surface area (Å²) in [5.74, 6) is -0.436. The summed E-state index contributed by atoms with van der Waals surface area (Å²) in [6, 6.07) is 4.07. The van der Waals surface area contributed by atoms with E-state index in [4.69, 9.17) is 0 Å². The number of rotatable bonds is 2. The number of benzene rings is 1. The summed E-state index contributed by atoms with van der Waals surface area (Å²) in [6.45, 7) is 7.72. The lowest BCUT2D eigenvalue weighted by Crippen LogP contribution is -2.06. The van der Waals surface area contributed by atoms with Crippen LogP contribution in [0.3, 0.4) is 0 Å². The van der Waals surface area contributed by atoms with Crippen molar-refractivity contribution in [3.05, 3.63) is 46.4 Å². The minimum Gasteiger partial charge on any atom is -0.478 e. The standard InChI is InChI=1S/C15H16N2O2/c1-8-5-9(2)13(10(3)6-8)14-12(15(18)19)7-16-11(4)17-14/h5-7H,1-4H3,(H,18,19). The fourth-order valence-corrected chi connectivity index (χ4v) is 2.37. The molecule has 0 bridgehead atoms. The second-order valence-electron chi connectivity index (χ2n) is 4.76. The van der Waals surface area contributed by atoms with Crippen LogP contribution in [0.2, 0.25) is 0 Å². The lowest BCUT2D eigenvalue weighted by atomic mass is 9.95. The van der Waals surface area contributed by atoms with Gasteiger partial charge in [0.15, 0.2) is 0 Å². The Morgan fingerprint density at radius 3 is 2.21 bits per heavy atom. The van der Waals surface area contributed by atoms with Gasteiger partial charge in [0.25, 0.3) is 0 Å². The molecular weight excluding hydrogens is 240 g/mol. The highest BCUT2D eigenvalue weighted by Crippen LogP contribution is 2.29. The van der Waals surface area contributed by atoms with E-state index in [1.165, 1.54) is 6.20 Å². The number of carbonyl (C=O) groups is 1. The van der Waals surface area contributed by atoms with Crippen LogP contribution >= 0.6 is 0 Å². The van der Waals surface area contributed by atoms with Gasteiger partial charge < -0.3 is 5.11 Å². The first-order valence-corrected chi connectivity index (χ1v) is 6.05. The molecule has 0 saturated carbocycles. The van der Waals surface area contributed by atoms with Gasteiger partial charge in [-0.05, 0) is 38.8 Å². The molecule has 1 heterocycles. The molecule has 0 radical (unpaired) electrons. The van der Waals surface area contributed by atoms with Crippen molar-refractivity contribution in [3.8, 4) is 11.3 Å². The Morgan fingerprint density at radius 1 is 1.11 bits per heavy atom. The third kappa shape index (κ3) is 2.47. The lowest BCUT2D eigenvalue weighted by molar-refractivity contribution is 0.0697. The van der Waals surface area contributed by atoms with Gasteiger partial charge in [0.05, 0.1) is 5.69 Å². The van der Waals surface area contributed by atoms with E-state index in [-0.39, 0.29) is 5.56 Å². The summed E-state index contributed by atoms with van der Waals surface area (Å²) in [4.78, 5) is 19.6. The molecule has 2 aromatic rings. The highest BCUT2D eigenvalue weighted by atomic mass is 16.4. The van der Waals surface area contributed by atoms with E-state index in [0.717, 1.165) is 22.3 Å². The number of carboxylic acids is 1. The predicted octanol–water partition coefficient (Wildman–Crippen LogP) is 3.08. The maximum absolute atomic E-state index is 11.3. The third-order valence-electron chi connectivity index (χ3n) is 3.05. The Morgan fingerprint density at radius 2 is 1.68 bits per heavy atom. The van der Waals surface area contributed by atoms with E-state index < -0.39 is 5.97 Å². The quantitative estimate of drug-likeness (QED) is 0.896.